The lowest BCUT2D eigenvalue weighted by molar-refractivity contribution is 0.0910. The SMILES string of the molecule is CCCC(O)CNC(=O)c1cc(F)c(F)cc1N. The van der Waals surface area contributed by atoms with Crippen LogP contribution in [-0.4, -0.2) is 23.7 Å². The number of aliphatic hydroxyl groups excluding tert-OH is 1. The highest BCUT2D eigenvalue weighted by molar-refractivity contribution is 5.99. The van der Waals surface area contributed by atoms with Crippen molar-refractivity contribution >= 4 is 11.6 Å². The van der Waals surface area contributed by atoms with Crippen molar-refractivity contribution in [3.05, 3.63) is 29.3 Å². The number of carbonyl (C=O) groups is 1. The van der Waals surface area contributed by atoms with E-state index in [9.17, 15) is 18.7 Å². The zero-order chi connectivity index (χ0) is 13.7. The molecule has 0 aliphatic heterocycles. The second-order valence-electron chi connectivity index (χ2n) is 4.01. The molecule has 1 amide bonds. The highest BCUT2D eigenvalue weighted by atomic mass is 19.2. The molecule has 0 spiro atoms. The number of anilines is 1. The lowest BCUT2D eigenvalue weighted by atomic mass is 10.1. The Morgan fingerprint density at radius 3 is 2.67 bits per heavy atom. The number of aliphatic hydroxyl groups is 1. The maximum Gasteiger partial charge on any atom is 0.253 e. The fraction of sp³-hybridized carbons (Fsp3) is 0.417. The molecule has 0 fully saturated rings. The Bertz CT molecular complexity index is 438. The third-order valence-electron chi connectivity index (χ3n) is 2.46. The van der Waals surface area contributed by atoms with Gasteiger partial charge < -0.3 is 16.2 Å². The normalized spacial score (nSPS) is 12.2. The second kappa shape index (κ2) is 6.30. The molecule has 0 aliphatic rings. The van der Waals surface area contributed by atoms with Crippen LogP contribution in [0.4, 0.5) is 14.5 Å². The number of carbonyl (C=O) groups excluding carboxylic acids is 1. The first kappa shape index (κ1) is 14.4. The Morgan fingerprint density at radius 2 is 2.06 bits per heavy atom. The number of nitrogens with two attached hydrogens (primary N) is 1. The van der Waals surface area contributed by atoms with Crippen molar-refractivity contribution in [2.24, 2.45) is 0 Å². The molecule has 0 radical (unpaired) electrons. The summed E-state index contributed by atoms with van der Waals surface area (Å²) < 4.78 is 25.8. The van der Waals surface area contributed by atoms with Gasteiger partial charge in [0.15, 0.2) is 11.6 Å². The van der Waals surface area contributed by atoms with E-state index in [4.69, 9.17) is 5.73 Å². The minimum Gasteiger partial charge on any atom is -0.398 e. The van der Waals surface area contributed by atoms with Crippen LogP contribution in [0.3, 0.4) is 0 Å². The van der Waals surface area contributed by atoms with Gasteiger partial charge in [-0.05, 0) is 12.5 Å². The van der Waals surface area contributed by atoms with Gasteiger partial charge >= 0.3 is 0 Å². The molecule has 0 aliphatic carbocycles. The van der Waals surface area contributed by atoms with E-state index in [0.29, 0.717) is 6.42 Å². The lowest BCUT2D eigenvalue weighted by Crippen LogP contribution is -2.32. The molecular formula is C12H16F2N2O2. The van der Waals surface area contributed by atoms with Crippen LogP contribution >= 0.6 is 0 Å². The van der Waals surface area contributed by atoms with E-state index in [1.165, 1.54) is 0 Å². The summed E-state index contributed by atoms with van der Waals surface area (Å²) in [6.45, 7) is 1.95. The zero-order valence-corrected chi connectivity index (χ0v) is 10.0. The number of hydrogen-bond donors (Lipinski definition) is 3. The summed E-state index contributed by atoms with van der Waals surface area (Å²) in [5.41, 5.74) is 5.14. The number of nitrogens with one attached hydrogen (secondary N) is 1. The number of nitrogen functional groups attached to an aromatic ring is 1. The number of benzene rings is 1. The van der Waals surface area contributed by atoms with Crippen molar-refractivity contribution in [3.63, 3.8) is 0 Å². The second-order valence-corrected chi connectivity index (χ2v) is 4.01. The first-order chi connectivity index (χ1) is 8.45. The quantitative estimate of drug-likeness (QED) is 0.699. The first-order valence-electron chi connectivity index (χ1n) is 5.66. The third-order valence-corrected chi connectivity index (χ3v) is 2.46. The van der Waals surface area contributed by atoms with Gasteiger partial charge in [0.2, 0.25) is 0 Å². The molecular weight excluding hydrogens is 242 g/mol. The number of hydrogen-bond acceptors (Lipinski definition) is 3. The van der Waals surface area contributed by atoms with E-state index < -0.39 is 23.6 Å². The van der Waals surface area contributed by atoms with Crippen LogP contribution in [-0.2, 0) is 0 Å². The van der Waals surface area contributed by atoms with Gasteiger partial charge in [0.25, 0.3) is 5.91 Å². The van der Waals surface area contributed by atoms with Gasteiger partial charge in [-0.3, -0.25) is 4.79 Å². The predicted molar refractivity (Wildman–Crippen MR) is 64.0 cm³/mol. The lowest BCUT2D eigenvalue weighted by Gasteiger charge is -2.12. The van der Waals surface area contributed by atoms with Crippen molar-refractivity contribution < 1.29 is 18.7 Å². The molecule has 0 saturated carbocycles. The van der Waals surface area contributed by atoms with E-state index in [2.05, 4.69) is 5.32 Å². The van der Waals surface area contributed by atoms with Gasteiger partial charge in [-0.15, -0.1) is 0 Å². The molecule has 0 aromatic heterocycles. The molecule has 100 valence electrons. The van der Waals surface area contributed by atoms with Gasteiger partial charge in [-0.25, -0.2) is 8.78 Å². The van der Waals surface area contributed by atoms with Crippen molar-refractivity contribution in [2.45, 2.75) is 25.9 Å². The molecule has 0 bridgehead atoms. The largest absolute Gasteiger partial charge is 0.398 e. The monoisotopic (exact) mass is 258 g/mol. The molecule has 18 heavy (non-hydrogen) atoms. The molecule has 4 N–H and O–H groups in total. The summed E-state index contributed by atoms with van der Waals surface area (Å²) in [6.07, 6.45) is 0.670. The summed E-state index contributed by atoms with van der Waals surface area (Å²) in [5.74, 6) is -2.87. The van der Waals surface area contributed by atoms with Crippen LogP contribution in [0.15, 0.2) is 12.1 Å². The van der Waals surface area contributed by atoms with Gasteiger partial charge in [0, 0.05) is 18.3 Å². The molecule has 6 heteroatoms. The van der Waals surface area contributed by atoms with E-state index in [-0.39, 0.29) is 17.8 Å². The predicted octanol–water partition coefficient (Wildman–Crippen LogP) is 1.44. The summed E-state index contributed by atoms with van der Waals surface area (Å²) in [6, 6.07) is 1.50. The molecule has 0 heterocycles. The molecule has 0 saturated heterocycles. The van der Waals surface area contributed by atoms with Crippen LogP contribution in [0.5, 0.6) is 0 Å². The average Bonchev–Trinajstić information content (AvgIpc) is 2.31. The topological polar surface area (TPSA) is 75.3 Å². The molecule has 1 unspecified atom stereocenters. The number of halogens is 2. The third kappa shape index (κ3) is 3.66. The van der Waals surface area contributed by atoms with Crippen molar-refractivity contribution in [1.82, 2.24) is 5.32 Å². The van der Waals surface area contributed by atoms with Crippen LogP contribution in [0.2, 0.25) is 0 Å². The van der Waals surface area contributed by atoms with Crippen LogP contribution < -0.4 is 11.1 Å². The summed E-state index contributed by atoms with van der Waals surface area (Å²) in [5, 5.41) is 11.8. The Hall–Kier alpha value is -1.69. The maximum absolute atomic E-state index is 13.0. The maximum atomic E-state index is 13.0. The Morgan fingerprint density at radius 1 is 1.44 bits per heavy atom. The fourth-order valence-corrected chi connectivity index (χ4v) is 1.50. The van der Waals surface area contributed by atoms with E-state index in [0.717, 1.165) is 18.6 Å². The van der Waals surface area contributed by atoms with E-state index in [1.54, 1.807) is 0 Å². The minimum atomic E-state index is -1.14. The molecule has 1 aromatic rings. The zero-order valence-electron chi connectivity index (χ0n) is 10.0. The first-order valence-corrected chi connectivity index (χ1v) is 5.66. The molecule has 1 aromatic carbocycles. The molecule has 4 nitrogen and oxygen atoms in total. The summed E-state index contributed by atoms with van der Waals surface area (Å²) in [7, 11) is 0. The Balaban J connectivity index is 2.70. The highest BCUT2D eigenvalue weighted by Gasteiger charge is 2.15. The van der Waals surface area contributed by atoms with Gasteiger partial charge in [-0.2, -0.15) is 0 Å². The van der Waals surface area contributed by atoms with Crippen molar-refractivity contribution in [2.75, 3.05) is 12.3 Å². The van der Waals surface area contributed by atoms with E-state index in [1.807, 2.05) is 6.92 Å². The van der Waals surface area contributed by atoms with Gasteiger partial charge in [0.1, 0.15) is 0 Å². The number of rotatable bonds is 5. The van der Waals surface area contributed by atoms with Crippen LogP contribution in [0.1, 0.15) is 30.1 Å². The van der Waals surface area contributed by atoms with Crippen LogP contribution in [0, 0.1) is 11.6 Å². The molecule has 1 atom stereocenters. The number of amides is 1. The standard InChI is InChI=1S/C12H16F2N2O2/c1-2-3-7(17)6-16-12(18)8-4-9(13)10(14)5-11(8)15/h4-5,7,17H,2-3,6,15H2,1H3,(H,16,18). The minimum absolute atomic E-state index is 0.0467. The molecule has 1 rings (SSSR count). The van der Waals surface area contributed by atoms with Crippen molar-refractivity contribution in [1.29, 1.82) is 0 Å². The van der Waals surface area contributed by atoms with Crippen LogP contribution in [0.25, 0.3) is 0 Å². The van der Waals surface area contributed by atoms with Gasteiger partial charge in [-0.1, -0.05) is 13.3 Å². The highest BCUT2D eigenvalue weighted by Crippen LogP contribution is 2.16. The summed E-state index contributed by atoms with van der Waals surface area (Å²) in [4.78, 5) is 11.6. The van der Waals surface area contributed by atoms with E-state index >= 15 is 0 Å². The average molecular weight is 258 g/mol. The Labute approximate surface area is 104 Å². The Kier molecular flexibility index (Phi) is 5.03. The fourth-order valence-electron chi connectivity index (χ4n) is 1.50. The summed E-state index contributed by atoms with van der Waals surface area (Å²) >= 11 is 0. The van der Waals surface area contributed by atoms with Gasteiger partial charge in [0.05, 0.1) is 11.7 Å². The van der Waals surface area contributed by atoms with Crippen molar-refractivity contribution in [3.8, 4) is 0 Å². The smallest absolute Gasteiger partial charge is 0.253 e.